The Morgan fingerprint density at radius 3 is 2.38 bits per heavy atom. The summed E-state index contributed by atoms with van der Waals surface area (Å²) in [5, 5.41) is 0. The summed E-state index contributed by atoms with van der Waals surface area (Å²) in [4.78, 5) is 25.6. The minimum Gasteiger partial charge on any atom is -0.464 e. The summed E-state index contributed by atoms with van der Waals surface area (Å²) in [6, 6.07) is 10.3. The Hall–Kier alpha value is -1.92. The number of quaternary nitrogens is 1. The lowest BCUT2D eigenvalue weighted by molar-refractivity contribution is -0.938. The van der Waals surface area contributed by atoms with Gasteiger partial charge in [-0.1, -0.05) is 56.0 Å². The fourth-order valence-corrected chi connectivity index (χ4v) is 6.40. The van der Waals surface area contributed by atoms with Gasteiger partial charge in [-0.05, 0) is 17.9 Å². The van der Waals surface area contributed by atoms with Crippen LogP contribution in [0, 0.1) is 5.92 Å². The summed E-state index contributed by atoms with van der Waals surface area (Å²) in [6.45, 7) is 0.0435. The maximum atomic E-state index is 13.2. The summed E-state index contributed by atoms with van der Waals surface area (Å²) in [5.74, 6) is -0.430. The van der Waals surface area contributed by atoms with E-state index in [1.807, 2.05) is 30.3 Å². The molecule has 0 radical (unpaired) electrons. The molecular formula is C26H36NO5+. The Bertz CT molecular complexity index is 814. The maximum Gasteiger partial charge on any atom is 0.317 e. The van der Waals surface area contributed by atoms with Crippen LogP contribution in [-0.2, 0) is 23.8 Å². The molecule has 1 aromatic carbocycles. The molecule has 1 saturated carbocycles. The number of hydrogen-bond donors (Lipinski definition) is 0. The number of ether oxygens (including phenoxy) is 3. The molecule has 174 valence electrons. The van der Waals surface area contributed by atoms with E-state index in [4.69, 9.17) is 14.2 Å². The van der Waals surface area contributed by atoms with Crippen LogP contribution in [0.5, 0.6) is 0 Å². The highest BCUT2D eigenvalue weighted by atomic mass is 16.6. The molecule has 32 heavy (non-hydrogen) atoms. The van der Waals surface area contributed by atoms with E-state index in [1.54, 1.807) is 0 Å². The predicted molar refractivity (Wildman–Crippen MR) is 119 cm³/mol. The second-order valence-corrected chi connectivity index (χ2v) is 10.7. The van der Waals surface area contributed by atoms with Gasteiger partial charge in [-0.25, -0.2) is 0 Å². The summed E-state index contributed by atoms with van der Waals surface area (Å²) >= 11 is 0. The number of carbonyl (C=O) groups is 2. The SMILES string of the molecule is C[N+]1(C)[C@@H]2CC(OC(=O)[C@@H](COC(=O)CCC3CCCC3)c3ccccc3)C[C@@H]1[C@H]1O[C@@H]12. The standard InChI is InChI=1S/C26H36NO5/c1-27(2)21-14-19(15-22(27)25-24(21)32-25)31-26(29)20(18-10-4-3-5-11-18)16-30-23(28)13-12-17-8-6-7-9-17/h3-5,10-11,17,19-22,24-25H,6-9,12-16H2,1-2H3/q+1/t20-,21+,22+,24+,25+/m0/s1. The molecule has 5 rings (SSSR count). The van der Waals surface area contributed by atoms with Gasteiger partial charge in [0.25, 0.3) is 0 Å². The fraction of sp³-hybridized carbons (Fsp3) is 0.692. The van der Waals surface area contributed by atoms with Crippen LogP contribution in [0.15, 0.2) is 30.3 Å². The first-order chi connectivity index (χ1) is 15.4. The normalized spacial score (nSPS) is 33.4. The van der Waals surface area contributed by atoms with Crippen molar-refractivity contribution in [3.63, 3.8) is 0 Å². The summed E-state index contributed by atoms with van der Waals surface area (Å²) in [5.41, 5.74) is 0.835. The molecule has 3 aliphatic heterocycles. The first kappa shape index (κ1) is 21.9. The Labute approximate surface area is 190 Å². The largest absolute Gasteiger partial charge is 0.464 e. The van der Waals surface area contributed by atoms with Crippen molar-refractivity contribution in [2.45, 2.75) is 87.7 Å². The highest BCUT2D eigenvalue weighted by molar-refractivity contribution is 5.79. The van der Waals surface area contributed by atoms with Crippen molar-refractivity contribution in [3.05, 3.63) is 35.9 Å². The Morgan fingerprint density at radius 1 is 1.06 bits per heavy atom. The second-order valence-electron chi connectivity index (χ2n) is 10.7. The van der Waals surface area contributed by atoms with Crippen LogP contribution in [0.3, 0.4) is 0 Å². The molecule has 0 N–H and O–H groups in total. The van der Waals surface area contributed by atoms with Gasteiger partial charge in [0, 0.05) is 19.3 Å². The van der Waals surface area contributed by atoms with E-state index in [0.29, 0.717) is 36.6 Å². The molecular weight excluding hydrogens is 406 g/mol. The van der Waals surface area contributed by atoms with Crippen LogP contribution in [-0.4, -0.2) is 67.5 Å². The zero-order valence-corrected chi connectivity index (χ0v) is 19.3. The van der Waals surface area contributed by atoms with E-state index in [-0.39, 0.29) is 24.6 Å². The van der Waals surface area contributed by atoms with E-state index in [2.05, 4.69) is 14.1 Å². The van der Waals surface area contributed by atoms with Crippen molar-refractivity contribution in [2.75, 3.05) is 20.7 Å². The molecule has 2 bridgehead atoms. The summed E-state index contributed by atoms with van der Waals surface area (Å²) in [6.07, 6.45) is 8.53. The molecule has 0 unspecified atom stereocenters. The number of nitrogens with zero attached hydrogens (tertiary/aromatic N) is 1. The highest BCUT2D eigenvalue weighted by Crippen LogP contribution is 2.51. The molecule has 1 aromatic rings. The average molecular weight is 443 g/mol. The number of likely N-dealkylation sites (N-methyl/N-ethyl adjacent to an activating group) is 1. The first-order valence-electron chi connectivity index (χ1n) is 12.3. The quantitative estimate of drug-likeness (QED) is 0.350. The van der Waals surface area contributed by atoms with E-state index < -0.39 is 5.92 Å². The first-order valence-corrected chi connectivity index (χ1v) is 12.3. The average Bonchev–Trinajstić information content (AvgIpc) is 3.35. The fourth-order valence-electron chi connectivity index (χ4n) is 6.40. The minimum absolute atomic E-state index is 0.0435. The van der Waals surface area contributed by atoms with Crippen molar-refractivity contribution >= 4 is 11.9 Å². The molecule has 0 spiro atoms. The number of rotatable bonds is 8. The number of fused-ring (bicyclic) bond motifs is 5. The van der Waals surface area contributed by atoms with Crippen molar-refractivity contribution in [1.82, 2.24) is 0 Å². The smallest absolute Gasteiger partial charge is 0.317 e. The monoisotopic (exact) mass is 442 g/mol. The van der Waals surface area contributed by atoms with Gasteiger partial charge in [0.2, 0.25) is 0 Å². The Kier molecular flexibility index (Phi) is 6.01. The third kappa shape index (κ3) is 4.32. The molecule has 0 aromatic heterocycles. The van der Waals surface area contributed by atoms with Gasteiger partial charge in [-0.15, -0.1) is 0 Å². The molecule has 0 amide bonds. The lowest BCUT2D eigenvalue weighted by atomic mass is 9.95. The van der Waals surface area contributed by atoms with Crippen molar-refractivity contribution in [3.8, 4) is 0 Å². The molecule has 6 heteroatoms. The molecule has 6 nitrogen and oxygen atoms in total. The summed E-state index contributed by atoms with van der Waals surface area (Å²) in [7, 11) is 4.53. The Morgan fingerprint density at radius 2 is 1.72 bits per heavy atom. The van der Waals surface area contributed by atoms with Crippen LogP contribution in [0.2, 0.25) is 0 Å². The lowest BCUT2D eigenvalue weighted by Gasteiger charge is -2.45. The lowest BCUT2D eigenvalue weighted by Crippen LogP contribution is -2.60. The highest BCUT2D eigenvalue weighted by Gasteiger charge is 2.70. The van der Waals surface area contributed by atoms with Gasteiger partial charge < -0.3 is 18.7 Å². The van der Waals surface area contributed by atoms with Crippen LogP contribution in [0.25, 0.3) is 0 Å². The summed E-state index contributed by atoms with van der Waals surface area (Å²) < 4.78 is 18.4. The van der Waals surface area contributed by atoms with Crippen LogP contribution < -0.4 is 0 Å². The molecule has 4 aliphatic rings. The third-order valence-corrected chi connectivity index (χ3v) is 8.45. The topological polar surface area (TPSA) is 65.1 Å². The van der Waals surface area contributed by atoms with Crippen molar-refractivity contribution in [1.29, 1.82) is 0 Å². The third-order valence-electron chi connectivity index (χ3n) is 8.45. The predicted octanol–water partition coefficient (Wildman–Crippen LogP) is 3.58. The van der Waals surface area contributed by atoms with E-state index in [9.17, 15) is 9.59 Å². The van der Waals surface area contributed by atoms with Crippen LogP contribution >= 0.6 is 0 Å². The molecule has 3 heterocycles. The van der Waals surface area contributed by atoms with Crippen molar-refractivity contribution < 1.29 is 28.3 Å². The Balaban J connectivity index is 1.18. The molecule has 4 fully saturated rings. The van der Waals surface area contributed by atoms with Gasteiger partial charge in [0.05, 0.1) is 14.1 Å². The number of piperidine rings is 1. The van der Waals surface area contributed by atoms with E-state index >= 15 is 0 Å². The van der Waals surface area contributed by atoms with Gasteiger partial charge in [-0.2, -0.15) is 0 Å². The number of morpholine rings is 1. The molecule has 3 saturated heterocycles. The van der Waals surface area contributed by atoms with Gasteiger partial charge >= 0.3 is 11.9 Å². The number of carbonyl (C=O) groups excluding carboxylic acids is 2. The van der Waals surface area contributed by atoms with Gasteiger partial charge in [0.1, 0.15) is 42.9 Å². The van der Waals surface area contributed by atoms with Crippen LogP contribution in [0.4, 0.5) is 0 Å². The van der Waals surface area contributed by atoms with Crippen molar-refractivity contribution in [2.24, 2.45) is 5.92 Å². The second kappa shape index (κ2) is 8.79. The van der Waals surface area contributed by atoms with Gasteiger partial charge in [-0.3, -0.25) is 9.59 Å². The zero-order chi connectivity index (χ0) is 22.3. The number of benzene rings is 1. The van der Waals surface area contributed by atoms with Crippen LogP contribution in [0.1, 0.15) is 62.8 Å². The molecule has 5 atom stereocenters. The number of hydrogen-bond acceptors (Lipinski definition) is 5. The molecule has 1 aliphatic carbocycles. The zero-order valence-electron chi connectivity index (χ0n) is 19.3. The minimum atomic E-state index is -0.584. The van der Waals surface area contributed by atoms with Gasteiger partial charge in [0.15, 0.2) is 0 Å². The number of esters is 2. The van der Waals surface area contributed by atoms with E-state index in [0.717, 1.165) is 29.3 Å². The van der Waals surface area contributed by atoms with E-state index in [1.165, 1.54) is 25.7 Å². The maximum absolute atomic E-state index is 13.2. The number of epoxide rings is 1.